The highest BCUT2D eigenvalue weighted by Gasteiger charge is 2.27. The molecule has 3 heterocycles. The van der Waals surface area contributed by atoms with Gasteiger partial charge >= 0.3 is 0 Å². The van der Waals surface area contributed by atoms with Crippen molar-refractivity contribution in [2.75, 3.05) is 19.1 Å². The first kappa shape index (κ1) is 18.9. The molecule has 0 saturated heterocycles. The SMILES string of the molecule is COc1ccc2nc(N(Cc3ccccn3)C(=O)c3cn(C)nc3OC)sc2c1. The van der Waals surface area contributed by atoms with Gasteiger partial charge in [-0.1, -0.05) is 17.4 Å². The summed E-state index contributed by atoms with van der Waals surface area (Å²) in [7, 11) is 4.85. The van der Waals surface area contributed by atoms with E-state index in [4.69, 9.17) is 9.47 Å². The number of rotatable bonds is 6. The molecule has 0 saturated carbocycles. The second kappa shape index (κ2) is 7.88. The number of benzene rings is 1. The van der Waals surface area contributed by atoms with Crippen molar-refractivity contribution in [2.24, 2.45) is 7.05 Å². The highest BCUT2D eigenvalue weighted by molar-refractivity contribution is 7.22. The molecule has 8 nitrogen and oxygen atoms in total. The predicted octanol–water partition coefficient (Wildman–Crippen LogP) is 3.29. The largest absolute Gasteiger partial charge is 0.497 e. The third-order valence-electron chi connectivity index (χ3n) is 4.33. The lowest BCUT2D eigenvalue weighted by Gasteiger charge is -2.19. The van der Waals surface area contributed by atoms with Crippen LogP contribution in [0.3, 0.4) is 0 Å². The van der Waals surface area contributed by atoms with E-state index in [9.17, 15) is 4.79 Å². The Bertz CT molecular complexity index is 1160. The van der Waals surface area contributed by atoms with Crippen molar-refractivity contribution < 1.29 is 14.3 Å². The molecule has 0 fully saturated rings. The first-order valence-corrected chi connectivity index (χ1v) is 9.64. The van der Waals surface area contributed by atoms with Gasteiger partial charge in [0.05, 0.1) is 36.7 Å². The zero-order valence-corrected chi connectivity index (χ0v) is 17.0. The van der Waals surface area contributed by atoms with Crippen molar-refractivity contribution >= 4 is 32.6 Å². The first-order valence-electron chi connectivity index (χ1n) is 8.83. The maximum absolute atomic E-state index is 13.4. The Kier molecular flexibility index (Phi) is 5.13. The van der Waals surface area contributed by atoms with Crippen LogP contribution in [0.5, 0.6) is 11.6 Å². The Morgan fingerprint density at radius 3 is 2.79 bits per heavy atom. The number of hydrogen-bond donors (Lipinski definition) is 0. The predicted molar refractivity (Wildman–Crippen MR) is 111 cm³/mol. The smallest absolute Gasteiger partial charge is 0.267 e. The fourth-order valence-corrected chi connectivity index (χ4v) is 3.92. The van der Waals surface area contributed by atoms with Crippen molar-refractivity contribution in [1.29, 1.82) is 0 Å². The summed E-state index contributed by atoms with van der Waals surface area (Å²) in [5.41, 5.74) is 1.91. The molecule has 0 aliphatic rings. The average molecular weight is 409 g/mol. The minimum atomic E-state index is -0.258. The quantitative estimate of drug-likeness (QED) is 0.486. The van der Waals surface area contributed by atoms with Gasteiger partial charge in [0.15, 0.2) is 5.13 Å². The van der Waals surface area contributed by atoms with E-state index < -0.39 is 0 Å². The number of aryl methyl sites for hydroxylation is 1. The summed E-state index contributed by atoms with van der Waals surface area (Å²) in [5.74, 6) is 0.752. The third kappa shape index (κ3) is 3.77. The molecule has 29 heavy (non-hydrogen) atoms. The van der Waals surface area contributed by atoms with Gasteiger partial charge in [0, 0.05) is 19.4 Å². The molecule has 0 atom stereocenters. The molecule has 3 aromatic heterocycles. The van der Waals surface area contributed by atoms with Crippen LogP contribution in [0.1, 0.15) is 16.1 Å². The van der Waals surface area contributed by atoms with Gasteiger partial charge in [-0.3, -0.25) is 19.4 Å². The van der Waals surface area contributed by atoms with Crippen molar-refractivity contribution in [3.63, 3.8) is 0 Å². The minimum Gasteiger partial charge on any atom is -0.497 e. The van der Waals surface area contributed by atoms with Crippen LogP contribution in [0, 0.1) is 0 Å². The average Bonchev–Trinajstić information content (AvgIpc) is 3.34. The number of hydrogen-bond acceptors (Lipinski definition) is 7. The fraction of sp³-hybridized carbons (Fsp3) is 0.200. The maximum atomic E-state index is 13.4. The number of aromatic nitrogens is 4. The van der Waals surface area contributed by atoms with E-state index in [2.05, 4.69) is 15.1 Å². The van der Waals surface area contributed by atoms with Crippen molar-refractivity contribution in [3.05, 3.63) is 60.0 Å². The van der Waals surface area contributed by atoms with E-state index in [1.54, 1.807) is 36.1 Å². The highest BCUT2D eigenvalue weighted by Crippen LogP contribution is 2.33. The molecule has 0 N–H and O–H groups in total. The van der Waals surface area contributed by atoms with Gasteiger partial charge in [0.2, 0.25) is 5.88 Å². The van der Waals surface area contributed by atoms with E-state index in [-0.39, 0.29) is 18.3 Å². The Morgan fingerprint density at radius 1 is 1.21 bits per heavy atom. The number of ether oxygens (including phenoxy) is 2. The molecular formula is C20H19N5O3S. The molecule has 0 unspecified atom stereocenters. The van der Waals surface area contributed by atoms with E-state index in [1.807, 2.05) is 36.4 Å². The Morgan fingerprint density at radius 2 is 2.07 bits per heavy atom. The van der Waals surface area contributed by atoms with Gasteiger partial charge in [-0.25, -0.2) is 4.98 Å². The Balaban J connectivity index is 1.78. The highest BCUT2D eigenvalue weighted by atomic mass is 32.1. The molecule has 0 spiro atoms. The van der Waals surface area contributed by atoms with Gasteiger partial charge < -0.3 is 9.47 Å². The molecular weight excluding hydrogens is 390 g/mol. The Hall–Kier alpha value is -3.46. The normalized spacial score (nSPS) is 10.9. The van der Waals surface area contributed by atoms with Crippen molar-refractivity contribution in [1.82, 2.24) is 19.7 Å². The summed E-state index contributed by atoms with van der Waals surface area (Å²) in [6.45, 7) is 0.272. The summed E-state index contributed by atoms with van der Waals surface area (Å²) in [6, 6.07) is 11.2. The third-order valence-corrected chi connectivity index (χ3v) is 5.37. The number of anilines is 1. The minimum absolute atomic E-state index is 0.258. The second-order valence-corrected chi connectivity index (χ2v) is 7.28. The molecule has 148 valence electrons. The number of methoxy groups -OCH3 is 2. The summed E-state index contributed by atoms with van der Waals surface area (Å²) < 4.78 is 13.1. The van der Waals surface area contributed by atoms with E-state index in [0.29, 0.717) is 10.7 Å². The number of fused-ring (bicyclic) bond motifs is 1. The van der Waals surface area contributed by atoms with Gasteiger partial charge in [0.25, 0.3) is 5.91 Å². The molecule has 1 aromatic carbocycles. The van der Waals surface area contributed by atoms with E-state index in [1.165, 1.54) is 18.4 Å². The summed E-state index contributed by atoms with van der Waals surface area (Å²) in [5, 5.41) is 4.76. The van der Waals surface area contributed by atoms with Gasteiger partial charge in [-0.2, -0.15) is 0 Å². The number of carbonyl (C=O) groups is 1. The topological polar surface area (TPSA) is 82.4 Å². The van der Waals surface area contributed by atoms with Gasteiger partial charge in [-0.05, 0) is 30.3 Å². The van der Waals surface area contributed by atoms with E-state index >= 15 is 0 Å². The number of amides is 1. The maximum Gasteiger partial charge on any atom is 0.267 e. The molecule has 0 aliphatic heterocycles. The van der Waals surface area contributed by atoms with E-state index in [0.717, 1.165) is 21.7 Å². The lowest BCUT2D eigenvalue weighted by atomic mass is 10.2. The lowest BCUT2D eigenvalue weighted by Crippen LogP contribution is -2.30. The summed E-state index contributed by atoms with van der Waals surface area (Å²) in [4.78, 5) is 24.1. The molecule has 1 amide bonds. The van der Waals surface area contributed by atoms with Crippen molar-refractivity contribution in [2.45, 2.75) is 6.54 Å². The first-order chi connectivity index (χ1) is 14.1. The molecule has 9 heteroatoms. The fourth-order valence-electron chi connectivity index (χ4n) is 2.93. The zero-order chi connectivity index (χ0) is 20.4. The lowest BCUT2D eigenvalue weighted by molar-refractivity contribution is 0.0982. The number of thiazole rings is 1. The summed E-state index contributed by atoms with van der Waals surface area (Å²) in [6.07, 6.45) is 3.34. The number of carbonyl (C=O) groups excluding carboxylic acids is 1. The van der Waals surface area contributed by atoms with Crippen LogP contribution in [0.2, 0.25) is 0 Å². The molecule has 0 aliphatic carbocycles. The number of nitrogens with zero attached hydrogens (tertiary/aromatic N) is 5. The molecule has 0 radical (unpaired) electrons. The monoisotopic (exact) mass is 409 g/mol. The summed E-state index contributed by atoms with van der Waals surface area (Å²) >= 11 is 1.42. The van der Waals surface area contributed by atoms with Crippen LogP contribution in [0.25, 0.3) is 10.2 Å². The number of pyridine rings is 1. The van der Waals surface area contributed by atoms with Crippen LogP contribution in [-0.2, 0) is 13.6 Å². The van der Waals surface area contributed by atoms with Crippen LogP contribution in [0.15, 0.2) is 48.8 Å². The zero-order valence-electron chi connectivity index (χ0n) is 16.2. The van der Waals surface area contributed by atoms with Gasteiger partial charge in [-0.15, -0.1) is 5.10 Å². The van der Waals surface area contributed by atoms with Crippen LogP contribution >= 0.6 is 11.3 Å². The van der Waals surface area contributed by atoms with Gasteiger partial charge in [0.1, 0.15) is 11.3 Å². The van der Waals surface area contributed by atoms with Crippen LogP contribution in [-0.4, -0.2) is 39.9 Å². The van der Waals surface area contributed by atoms with Crippen LogP contribution in [0.4, 0.5) is 5.13 Å². The Labute approximate surface area is 171 Å². The molecule has 4 rings (SSSR count). The van der Waals surface area contributed by atoms with Crippen LogP contribution < -0.4 is 14.4 Å². The molecule has 4 aromatic rings. The second-order valence-electron chi connectivity index (χ2n) is 6.27. The van der Waals surface area contributed by atoms with Crippen molar-refractivity contribution in [3.8, 4) is 11.6 Å². The molecule has 0 bridgehead atoms. The standard InChI is InChI=1S/C20H19N5O3S/c1-24-12-15(18(23-24)28-3)19(26)25(11-13-6-4-5-9-21-13)20-22-16-8-7-14(27-2)10-17(16)29-20/h4-10,12H,11H2,1-3H3.